The molecule has 5 heteroatoms. The summed E-state index contributed by atoms with van der Waals surface area (Å²) in [5, 5.41) is 0. The molecule has 0 unspecified atom stereocenters. The molecule has 0 aromatic carbocycles. The zero-order valence-electron chi connectivity index (χ0n) is 8.90. The molecule has 0 radical (unpaired) electrons. The van der Waals surface area contributed by atoms with Gasteiger partial charge in [-0.3, -0.25) is 4.79 Å². The van der Waals surface area contributed by atoms with Crippen molar-refractivity contribution in [2.75, 3.05) is 11.5 Å². The van der Waals surface area contributed by atoms with Crippen LogP contribution in [0.4, 0.5) is 13.2 Å². The van der Waals surface area contributed by atoms with Gasteiger partial charge in [-0.25, -0.2) is 0 Å². The Bertz CT molecular complexity index is 180. The molecule has 0 saturated carbocycles. The monoisotopic (exact) mass is 242 g/mol. The average molecular weight is 242 g/mol. The number of ketones is 1. The molecule has 0 rings (SSSR count). The summed E-state index contributed by atoms with van der Waals surface area (Å²) in [6.45, 7) is 1.54. The Balaban J connectivity index is 3.09. The number of unbranched alkanes of at least 4 members (excludes halogenated alkanes) is 3. The van der Waals surface area contributed by atoms with Crippen LogP contribution in [0.5, 0.6) is 0 Å². The molecule has 1 nitrogen and oxygen atoms in total. The minimum Gasteiger partial charge on any atom is -0.299 e. The second-order valence-electron chi connectivity index (χ2n) is 3.53. The van der Waals surface area contributed by atoms with E-state index < -0.39 is 12.6 Å². The molecule has 0 atom stereocenters. The highest BCUT2D eigenvalue weighted by molar-refractivity contribution is 7.99. The van der Waals surface area contributed by atoms with Crippen molar-refractivity contribution in [1.82, 2.24) is 0 Å². The van der Waals surface area contributed by atoms with Crippen molar-refractivity contribution in [2.45, 2.75) is 45.2 Å². The maximum absolute atomic E-state index is 11.7. The Hall–Kier alpha value is -0.190. The van der Waals surface area contributed by atoms with Crippen LogP contribution < -0.4 is 0 Å². The first kappa shape index (κ1) is 14.8. The van der Waals surface area contributed by atoms with Crippen LogP contribution in [-0.2, 0) is 4.79 Å². The molecule has 0 fully saturated rings. The van der Waals surface area contributed by atoms with Gasteiger partial charge in [0.15, 0.2) is 0 Å². The molecule has 90 valence electrons. The molecule has 0 aliphatic carbocycles. The van der Waals surface area contributed by atoms with E-state index in [1.807, 2.05) is 0 Å². The average Bonchev–Trinajstić information content (AvgIpc) is 2.07. The van der Waals surface area contributed by atoms with E-state index in [0.29, 0.717) is 12.2 Å². The van der Waals surface area contributed by atoms with Crippen LogP contribution in [0.15, 0.2) is 0 Å². The van der Waals surface area contributed by atoms with Gasteiger partial charge in [-0.15, -0.1) is 0 Å². The zero-order chi connectivity index (χ0) is 11.7. The number of hydrogen-bond acceptors (Lipinski definition) is 2. The van der Waals surface area contributed by atoms with E-state index in [1.54, 1.807) is 11.8 Å². The van der Waals surface area contributed by atoms with Crippen LogP contribution >= 0.6 is 11.8 Å². The lowest BCUT2D eigenvalue weighted by molar-refractivity contribution is -0.135. The molecular weight excluding hydrogens is 225 g/mol. The molecule has 0 aliphatic rings. The van der Waals surface area contributed by atoms with E-state index in [-0.39, 0.29) is 12.2 Å². The SMILES string of the molecule is CC(=O)CSCCCCCCC(F)(F)F. The zero-order valence-corrected chi connectivity index (χ0v) is 9.72. The lowest BCUT2D eigenvalue weighted by Gasteiger charge is -2.05. The van der Waals surface area contributed by atoms with Crippen LogP contribution in [-0.4, -0.2) is 23.5 Å². The molecule has 0 spiro atoms. The van der Waals surface area contributed by atoms with Gasteiger partial charge in [-0.2, -0.15) is 24.9 Å². The van der Waals surface area contributed by atoms with Crippen molar-refractivity contribution in [3.05, 3.63) is 0 Å². The van der Waals surface area contributed by atoms with Gasteiger partial charge in [-0.05, 0) is 25.5 Å². The number of hydrogen-bond donors (Lipinski definition) is 0. The molecule has 0 aromatic heterocycles. The lowest BCUT2D eigenvalue weighted by atomic mass is 10.1. The van der Waals surface area contributed by atoms with E-state index in [2.05, 4.69) is 0 Å². The number of carbonyl (C=O) groups is 1. The van der Waals surface area contributed by atoms with Crippen molar-refractivity contribution >= 4 is 17.5 Å². The number of alkyl halides is 3. The Labute approximate surface area is 92.8 Å². The molecule has 0 saturated heterocycles. The molecule has 0 N–H and O–H groups in total. The fourth-order valence-electron chi connectivity index (χ4n) is 1.10. The summed E-state index contributed by atoms with van der Waals surface area (Å²) >= 11 is 1.55. The van der Waals surface area contributed by atoms with Gasteiger partial charge in [0, 0.05) is 6.42 Å². The molecule has 0 aliphatic heterocycles. The minimum absolute atomic E-state index is 0.150. The van der Waals surface area contributed by atoms with Crippen molar-refractivity contribution in [2.24, 2.45) is 0 Å². The van der Waals surface area contributed by atoms with Crippen LogP contribution in [0.3, 0.4) is 0 Å². The minimum atomic E-state index is -4.01. The predicted octanol–water partition coefficient (Wildman–Crippen LogP) is 3.82. The lowest BCUT2D eigenvalue weighted by Crippen LogP contribution is -2.06. The highest BCUT2D eigenvalue weighted by Crippen LogP contribution is 2.23. The molecule has 15 heavy (non-hydrogen) atoms. The van der Waals surface area contributed by atoms with Crippen LogP contribution in [0.2, 0.25) is 0 Å². The molecular formula is C10H17F3OS. The number of Topliss-reactive ketones (excluding diaryl/α,β-unsaturated/α-hetero) is 1. The standard InChI is InChI=1S/C10H17F3OS/c1-9(14)8-15-7-5-3-2-4-6-10(11,12)13/h2-8H2,1H3. The van der Waals surface area contributed by atoms with Crippen LogP contribution in [0.1, 0.15) is 39.0 Å². The van der Waals surface area contributed by atoms with Crippen molar-refractivity contribution in [3.63, 3.8) is 0 Å². The third kappa shape index (κ3) is 13.8. The largest absolute Gasteiger partial charge is 0.389 e. The Morgan fingerprint density at radius 3 is 2.27 bits per heavy atom. The fourth-order valence-corrected chi connectivity index (χ4v) is 1.94. The predicted molar refractivity (Wildman–Crippen MR) is 57.1 cm³/mol. The number of halogens is 3. The summed E-state index contributed by atoms with van der Waals surface area (Å²) in [5.41, 5.74) is 0. The van der Waals surface area contributed by atoms with Crippen molar-refractivity contribution < 1.29 is 18.0 Å². The van der Waals surface area contributed by atoms with Gasteiger partial charge in [0.05, 0.1) is 5.75 Å². The maximum Gasteiger partial charge on any atom is 0.389 e. The van der Waals surface area contributed by atoms with E-state index in [9.17, 15) is 18.0 Å². The topological polar surface area (TPSA) is 17.1 Å². The van der Waals surface area contributed by atoms with E-state index in [0.717, 1.165) is 18.6 Å². The first-order valence-corrected chi connectivity index (χ1v) is 6.21. The first-order chi connectivity index (χ1) is 6.92. The summed E-state index contributed by atoms with van der Waals surface area (Å²) in [6.07, 6.45) is -2.12. The van der Waals surface area contributed by atoms with Crippen LogP contribution in [0, 0.1) is 0 Å². The Kier molecular flexibility index (Phi) is 7.92. The summed E-state index contributed by atoms with van der Waals surface area (Å²) in [6, 6.07) is 0. The van der Waals surface area contributed by atoms with Gasteiger partial charge < -0.3 is 0 Å². The summed E-state index contributed by atoms with van der Waals surface area (Å²) < 4.78 is 35.2. The molecule has 0 amide bonds. The summed E-state index contributed by atoms with van der Waals surface area (Å²) in [5.74, 6) is 1.53. The van der Waals surface area contributed by atoms with E-state index in [1.165, 1.54) is 6.92 Å². The van der Waals surface area contributed by atoms with Gasteiger partial charge in [0.2, 0.25) is 0 Å². The fraction of sp³-hybridized carbons (Fsp3) is 0.900. The number of carbonyl (C=O) groups excluding carboxylic acids is 1. The normalized spacial score (nSPS) is 11.7. The third-order valence-electron chi connectivity index (χ3n) is 1.80. The third-order valence-corrected chi connectivity index (χ3v) is 2.99. The highest BCUT2D eigenvalue weighted by Gasteiger charge is 2.25. The maximum atomic E-state index is 11.7. The number of rotatable bonds is 8. The Morgan fingerprint density at radius 2 is 1.73 bits per heavy atom. The Morgan fingerprint density at radius 1 is 1.13 bits per heavy atom. The van der Waals surface area contributed by atoms with Crippen molar-refractivity contribution in [1.29, 1.82) is 0 Å². The second-order valence-corrected chi connectivity index (χ2v) is 4.64. The smallest absolute Gasteiger partial charge is 0.299 e. The quantitative estimate of drug-likeness (QED) is 0.602. The molecule has 0 aromatic rings. The summed E-state index contributed by atoms with van der Waals surface area (Å²) in [4.78, 5) is 10.5. The van der Waals surface area contributed by atoms with Crippen LogP contribution in [0.25, 0.3) is 0 Å². The first-order valence-electron chi connectivity index (χ1n) is 5.06. The van der Waals surface area contributed by atoms with Gasteiger partial charge >= 0.3 is 6.18 Å². The second kappa shape index (κ2) is 8.02. The molecule has 0 bridgehead atoms. The summed E-state index contributed by atoms with van der Waals surface area (Å²) in [7, 11) is 0. The van der Waals surface area contributed by atoms with Gasteiger partial charge in [0.25, 0.3) is 0 Å². The van der Waals surface area contributed by atoms with E-state index in [4.69, 9.17) is 0 Å². The van der Waals surface area contributed by atoms with Crippen molar-refractivity contribution in [3.8, 4) is 0 Å². The van der Waals surface area contributed by atoms with Gasteiger partial charge in [0.1, 0.15) is 5.78 Å². The van der Waals surface area contributed by atoms with E-state index >= 15 is 0 Å². The highest BCUT2D eigenvalue weighted by atomic mass is 32.2. The molecule has 0 heterocycles. The van der Waals surface area contributed by atoms with Gasteiger partial charge in [-0.1, -0.05) is 12.8 Å². The number of thioether (sulfide) groups is 1.